The minimum absolute atomic E-state index is 0.0125. The Morgan fingerprint density at radius 3 is 2.92 bits per heavy atom. The van der Waals surface area contributed by atoms with E-state index in [1.165, 1.54) is 10.9 Å². The van der Waals surface area contributed by atoms with Crippen LogP contribution in [0, 0.1) is 0 Å². The standard InChI is InChI=1S/C14H20ClN5O3S/c1-2-3-4-24-5-7-9(21)10(22)13(23-7)20-6-17-8-11(16)18-14(15)19-12(8)20/h6-7,9-10,13,21-22H,2-5H2,1H3,(H2,16,18,19). The maximum absolute atomic E-state index is 10.4. The lowest BCUT2D eigenvalue weighted by Crippen LogP contribution is -2.32. The molecule has 24 heavy (non-hydrogen) atoms. The first-order valence-corrected chi connectivity index (χ1v) is 9.31. The van der Waals surface area contributed by atoms with Crippen molar-refractivity contribution in [2.24, 2.45) is 0 Å². The van der Waals surface area contributed by atoms with E-state index in [4.69, 9.17) is 22.1 Å². The van der Waals surface area contributed by atoms with Gasteiger partial charge in [-0.15, -0.1) is 0 Å². The summed E-state index contributed by atoms with van der Waals surface area (Å²) in [6.45, 7) is 2.13. The van der Waals surface area contributed by atoms with Gasteiger partial charge in [0, 0.05) is 5.75 Å². The number of thioether (sulfide) groups is 1. The molecule has 10 heteroatoms. The van der Waals surface area contributed by atoms with Crippen LogP contribution in [0.2, 0.25) is 5.28 Å². The lowest BCUT2D eigenvalue weighted by molar-refractivity contribution is -0.0289. The largest absolute Gasteiger partial charge is 0.387 e. The number of nitrogens with two attached hydrogens (primary N) is 1. The molecule has 0 saturated carbocycles. The second kappa shape index (κ2) is 7.40. The highest BCUT2D eigenvalue weighted by atomic mass is 35.5. The Morgan fingerprint density at radius 1 is 1.38 bits per heavy atom. The molecule has 1 fully saturated rings. The molecule has 0 aromatic carbocycles. The maximum Gasteiger partial charge on any atom is 0.226 e. The van der Waals surface area contributed by atoms with Gasteiger partial charge >= 0.3 is 0 Å². The Bertz CT molecular complexity index is 715. The van der Waals surface area contributed by atoms with Crippen LogP contribution in [0.4, 0.5) is 5.82 Å². The van der Waals surface area contributed by atoms with E-state index in [1.54, 1.807) is 11.8 Å². The van der Waals surface area contributed by atoms with Gasteiger partial charge in [-0.3, -0.25) is 4.57 Å². The van der Waals surface area contributed by atoms with Gasteiger partial charge in [-0.2, -0.15) is 21.7 Å². The highest BCUT2D eigenvalue weighted by molar-refractivity contribution is 7.99. The van der Waals surface area contributed by atoms with Crippen LogP contribution in [0.1, 0.15) is 26.0 Å². The lowest BCUT2D eigenvalue weighted by Gasteiger charge is -2.16. The number of aliphatic hydroxyl groups is 2. The molecule has 4 N–H and O–H groups in total. The predicted molar refractivity (Wildman–Crippen MR) is 92.9 cm³/mol. The third kappa shape index (κ3) is 3.31. The lowest BCUT2D eigenvalue weighted by atomic mass is 10.1. The van der Waals surface area contributed by atoms with Crippen molar-refractivity contribution in [1.29, 1.82) is 0 Å². The maximum atomic E-state index is 10.4. The normalized spacial score (nSPS) is 27.2. The van der Waals surface area contributed by atoms with Crippen LogP contribution < -0.4 is 5.73 Å². The summed E-state index contributed by atoms with van der Waals surface area (Å²) in [6.07, 6.45) is 0.367. The molecule has 132 valence electrons. The van der Waals surface area contributed by atoms with Gasteiger partial charge in [0.2, 0.25) is 5.28 Å². The number of aliphatic hydroxyl groups excluding tert-OH is 2. The van der Waals surface area contributed by atoms with E-state index in [-0.39, 0.29) is 11.1 Å². The third-order valence-electron chi connectivity index (χ3n) is 3.96. The van der Waals surface area contributed by atoms with E-state index in [0.717, 1.165) is 18.6 Å². The quantitative estimate of drug-likeness (QED) is 0.510. The fraction of sp³-hybridized carbons (Fsp3) is 0.643. The van der Waals surface area contributed by atoms with Crippen molar-refractivity contribution in [3.8, 4) is 0 Å². The van der Waals surface area contributed by atoms with E-state index < -0.39 is 24.5 Å². The molecule has 8 nitrogen and oxygen atoms in total. The van der Waals surface area contributed by atoms with Gasteiger partial charge in [0.1, 0.15) is 17.7 Å². The SMILES string of the molecule is CCCCSCC1OC(n2cnc3c(N)nc(Cl)nc32)C(O)C1O. The third-order valence-corrected chi connectivity index (χ3v) is 5.27. The van der Waals surface area contributed by atoms with Crippen LogP contribution in [0.5, 0.6) is 0 Å². The summed E-state index contributed by atoms with van der Waals surface area (Å²) >= 11 is 7.55. The number of rotatable bonds is 6. The molecular formula is C14H20ClN5O3S. The summed E-state index contributed by atoms with van der Waals surface area (Å²) in [7, 11) is 0. The van der Waals surface area contributed by atoms with Crippen molar-refractivity contribution in [1.82, 2.24) is 19.5 Å². The van der Waals surface area contributed by atoms with Crippen molar-refractivity contribution in [3.63, 3.8) is 0 Å². The molecule has 3 rings (SSSR count). The van der Waals surface area contributed by atoms with E-state index in [9.17, 15) is 10.2 Å². The molecule has 0 amide bonds. The van der Waals surface area contributed by atoms with E-state index in [0.29, 0.717) is 16.9 Å². The van der Waals surface area contributed by atoms with Gasteiger partial charge in [-0.05, 0) is 23.8 Å². The average Bonchev–Trinajstić information content (AvgIpc) is 3.07. The smallest absolute Gasteiger partial charge is 0.226 e. The number of unbranched alkanes of at least 4 members (excludes halogenated alkanes) is 1. The Morgan fingerprint density at radius 2 is 2.17 bits per heavy atom. The first-order valence-electron chi connectivity index (χ1n) is 7.77. The Labute approximate surface area is 148 Å². The zero-order valence-electron chi connectivity index (χ0n) is 13.2. The van der Waals surface area contributed by atoms with Crippen molar-refractivity contribution in [2.45, 2.75) is 44.3 Å². The number of fused-ring (bicyclic) bond motifs is 1. The molecule has 2 aromatic heterocycles. The van der Waals surface area contributed by atoms with Gasteiger partial charge in [0.25, 0.3) is 0 Å². The molecule has 0 spiro atoms. The van der Waals surface area contributed by atoms with Crippen LogP contribution in [0.3, 0.4) is 0 Å². The van der Waals surface area contributed by atoms with Gasteiger partial charge in [0.15, 0.2) is 17.7 Å². The monoisotopic (exact) mass is 373 g/mol. The molecule has 0 aliphatic carbocycles. The molecule has 1 aliphatic heterocycles. The van der Waals surface area contributed by atoms with E-state index in [2.05, 4.69) is 21.9 Å². The summed E-state index contributed by atoms with van der Waals surface area (Å²) < 4.78 is 7.39. The van der Waals surface area contributed by atoms with Gasteiger partial charge < -0.3 is 20.7 Å². The summed E-state index contributed by atoms with van der Waals surface area (Å²) in [5.41, 5.74) is 6.53. The summed E-state index contributed by atoms with van der Waals surface area (Å²) in [4.78, 5) is 12.1. The molecular weight excluding hydrogens is 354 g/mol. The van der Waals surface area contributed by atoms with Crippen molar-refractivity contribution < 1.29 is 14.9 Å². The number of nitrogen functional groups attached to an aromatic ring is 1. The highest BCUT2D eigenvalue weighted by Gasteiger charge is 2.44. The van der Waals surface area contributed by atoms with Crippen LogP contribution in [-0.4, -0.2) is 59.5 Å². The number of ether oxygens (including phenoxy) is 1. The second-order valence-corrected chi connectivity index (χ2v) is 7.16. The van der Waals surface area contributed by atoms with Crippen molar-refractivity contribution >= 4 is 40.3 Å². The van der Waals surface area contributed by atoms with E-state index in [1.807, 2.05) is 0 Å². The highest BCUT2D eigenvalue weighted by Crippen LogP contribution is 2.33. The fourth-order valence-corrected chi connectivity index (χ4v) is 3.98. The fourth-order valence-electron chi connectivity index (χ4n) is 2.64. The van der Waals surface area contributed by atoms with Crippen LogP contribution in [0.15, 0.2) is 6.33 Å². The van der Waals surface area contributed by atoms with Gasteiger partial charge in [-0.1, -0.05) is 13.3 Å². The number of hydrogen-bond acceptors (Lipinski definition) is 8. The first kappa shape index (κ1) is 17.7. The van der Waals surface area contributed by atoms with Gasteiger partial charge in [0.05, 0.1) is 12.4 Å². The summed E-state index contributed by atoms with van der Waals surface area (Å²) in [5.74, 6) is 1.76. The summed E-state index contributed by atoms with van der Waals surface area (Å²) in [5, 5.41) is 20.6. The number of imidazole rings is 1. The second-order valence-electron chi connectivity index (χ2n) is 5.68. The molecule has 2 aromatic rings. The number of halogens is 1. The van der Waals surface area contributed by atoms with Crippen molar-refractivity contribution in [3.05, 3.63) is 11.6 Å². The molecule has 4 unspecified atom stereocenters. The number of anilines is 1. The molecule has 0 radical (unpaired) electrons. The minimum Gasteiger partial charge on any atom is -0.387 e. The molecule has 4 atom stereocenters. The van der Waals surface area contributed by atoms with Crippen LogP contribution in [-0.2, 0) is 4.74 Å². The van der Waals surface area contributed by atoms with E-state index >= 15 is 0 Å². The number of aromatic nitrogens is 4. The Balaban J connectivity index is 1.80. The topological polar surface area (TPSA) is 119 Å². The molecule has 1 saturated heterocycles. The van der Waals surface area contributed by atoms with Crippen LogP contribution in [0.25, 0.3) is 11.2 Å². The molecule has 3 heterocycles. The minimum atomic E-state index is -1.09. The predicted octanol–water partition coefficient (Wildman–Crippen LogP) is 1.21. The first-order chi connectivity index (χ1) is 11.5. The van der Waals surface area contributed by atoms with Crippen LogP contribution >= 0.6 is 23.4 Å². The summed E-state index contributed by atoms with van der Waals surface area (Å²) in [6, 6.07) is 0. The van der Waals surface area contributed by atoms with Gasteiger partial charge in [-0.25, -0.2) is 4.98 Å². The Hall–Kier alpha value is -1.13. The average molecular weight is 374 g/mol. The zero-order valence-corrected chi connectivity index (χ0v) is 14.7. The molecule has 0 bridgehead atoms. The number of nitrogens with zero attached hydrogens (tertiary/aromatic N) is 4. The van der Waals surface area contributed by atoms with Crippen molar-refractivity contribution in [2.75, 3.05) is 17.2 Å². The Kier molecular flexibility index (Phi) is 5.46. The molecule has 1 aliphatic rings. The zero-order chi connectivity index (χ0) is 17.3. The number of hydrogen-bond donors (Lipinski definition) is 3.